The second-order valence-electron chi connectivity index (χ2n) is 7.22. The number of nitrogens with one attached hydrogen (secondary N) is 1. The molecule has 3 rings (SSSR count). The fourth-order valence-electron chi connectivity index (χ4n) is 3.11. The van der Waals surface area contributed by atoms with Crippen LogP contribution in [-0.4, -0.2) is 28.8 Å². The fourth-order valence-corrected chi connectivity index (χ4v) is 3.92. The van der Waals surface area contributed by atoms with Crippen LogP contribution in [0.15, 0.2) is 47.8 Å². The summed E-state index contributed by atoms with van der Waals surface area (Å²) in [6.07, 6.45) is 0. The highest BCUT2D eigenvalue weighted by Gasteiger charge is 2.19. The van der Waals surface area contributed by atoms with Gasteiger partial charge >= 0.3 is 0 Å². The predicted octanol–water partition coefficient (Wildman–Crippen LogP) is 4.47. The minimum atomic E-state index is -0.143. The number of benzene rings is 1. The molecule has 0 aliphatic carbocycles. The third kappa shape index (κ3) is 5.01. The topological polar surface area (TPSA) is 56.2 Å². The molecule has 0 spiro atoms. The molecule has 5 nitrogen and oxygen atoms in total. The maximum Gasteiger partial charge on any atom is 0.258 e. The summed E-state index contributed by atoms with van der Waals surface area (Å²) in [6.45, 7) is 8.77. The lowest BCUT2D eigenvalue weighted by Crippen LogP contribution is -2.34. The monoisotopic (exact) mass is 397 g/mol. The molecule has 2 aromatic heterocycles. The van der Waals surface area contributed by atoms with E-state index in [-0.39, 0.29) is 18.6 Å². The lowest BCUT2D eigenvalue weighted by atomic mass is 10.0. The minimum absolute atomic E-state index is 0.00466. The van der Waals surface area contributed by atoms with Crippen molar-refractivity contribution >= 4 is 17.2 Å². The Balaban J connectivity index is 1.59. The number of amides is 1. The first-order chi connectivity index (χ1) is 13.4. The summed E-state index contributed by atoms with van der Waals surface area (Å²) >= 11 is 1.67. The van der Waals surface area contributed by atoms with Gasteiger partial charge in [-0.2, -0.15) is 5.10 Å². The van der Waals surface area contributed by atoms with Crippen molar-refractivity contribution in [3.8, 4) is 5.75 Å². The molecule has 1 aromatic carbocycles. The van der Waals surface area contributed by atoms with E-state index in [1.54, 1.807) is 11.3 Å². The Morgan fingerprint density at radius 2 is 1.96 bits per heavy atom. The van der Waals surface area contributed by atoms with Crippen molar-refractivity contribution < 1.29 is 9.53 Å². The first-order valence-corrected chi connectivity index (χ1v) is 10.4. The van der Waals surface area contributed by atoms with Crippen molar-refractivity contribution in [2.75, 3.05) is 13.2 Å². The minimum Gasteiger partial charge on any atom is -0.484 e. The van der Waals surface area contributed by atoms with Gasteiger partial charge in [0.15, 0.2) is 6.61 Å². The average Bonchev–Trinajstić information content (AvgIpc) is 3.31. The summed E-state index contributed by atoms with van der Waals surface area (Å²) in [5.41, 5.74) is 3.30. The second kappa shape index (κ2) is 9.06. The molecule has 6 heteroatoms. The van der Waals surface area contributed by atoms with Gasteiger partial charge in [0.05, 0.1) is 5.69 Å². The molecule has 0 saturated carbocycles. The first kappa shape index (κ1) is 20.1. The maximum atomic E-state index is 12.3. The van der Waals surface area contributed by atoms with E-state index in [9.17, 15) is 4.79 Å². The molecule has 0 aliphatic rings. The molecular formula is C22H27N3O2S. The Kier molecular flexibility index (Phi) is 6.52. The summed E-state index contributed by atoms with van der Waals surface area (Å²) in [5.74, 6) is 1.03. The normalized spacial score (nSPS) is 12.2. The van der Waals surface area contributed by atoms with E-state index >= 15 is 0 Å². The zero-order valence-corrected chi connectivity index (χ0v) is 17.6. The molecule has 0 fully saturated rings. The number of ether oxygens (including phenoxy) is 1. The highest BCUT2D eigenvalue weighted by atomic mass is 32.1. The molecule has 0 aliphatic heterocycles. The lowest BCUT2D eigenvalue weighted by Gasteiger charge is -2.19. The molecule has 0 saturated heterocycles. The van der Waals surface area contributed by atoms with Crippen molar-refractivity contribution in [3.05, 3.63) is 69.7 Å². The largest absolute Gasteiger partial charge is 0.484 e. The summed E-state index contributed by atoms with van der Waals surface area (Å²) in [4.78, 5) is 13.5. The Bertz CT molecular complexity index is 899. The molecule has 1 atom stereocenters. The highest BCUT2D eigenvalue weighted by molar-refractivity contribution is 7.10. The van der Waals surface area contributed by atoms with Gasteiger partial charge in [0.25, 0.3) is 5.91 Å². The molecule has 1 unspecified atom stereocenters. The van der Waals surface area contributed by atoms with Crippen LogP contribution in [-0.2, 0) is 4.79 Å². The van der Waals surface area contributed by atoms with Gasteiger partial charge in [-0.25, -0.2) is 0 Å². The van der Waals surface area contributed by atoms with Crippen LogP contribution in [0.1, 0.15) is 47.6 Å². The van der Waals surface area contributed by atoms with Gasteiger partial charge in [0, 0.05) is 17.1 Å². The summed E-state index contributed by atoms with van der Waals surface area (Å²) < 4.78 is 7.61. The number of aryl methyl sites for hydroxylation is 2. The number of hydrogen-bond acceptors (Lipinski definition) is 4. The Hall–Kier alpha value is -2.60. The number of thiophene rings is 1. The highest BCUT2D eigenvalue weighted by Crippen LogP contribution is 2.24. The van der Waals surface area contributed by atoms with Gasteiger partial charge in [0.2, 0.25) is 0 Å². The van der Waals surface area contributed by atoms with Crippen molar-refractivity contribution in [1.29, 1.82) is 0 Å². The Morgan fingerprint density at radius 1 is 1.21 bits per heavy atom. The maximum absolute atomic E-state index is 12.3. The standard InChI is InChI=1S/C22H27N3O2S/c1-15(2)18-7-9-19(10-8-18)27-14-22(26)23-13-20(21-6-5-11-28-21)25-17(4)12-16(3)24-25/h5-12,15,20H,13-14H2,1-4H3,(H,23,26). The number of rotatable bonds is 8. The number of hydrogen-bond donors (Lipinski definition) is 1. The van der Waals surface area contributed by atoms with E-state index in [0.717, 1.165) is 16.3 Å². The zero-order chi connectivity index (χ0) is 20.1. The van der Waals surface area contributed by atoms with Crippen LogP contribution in [0.4, 0.5) is 0 Å². The van der Waals surface area contributed by atoms with Crippen LogP contribution < -0.4 is 10.1 Å². The SMILES string of the molecule is Cc1cc(C)n(C(CNC(=O)COc2ccc(C(C)C)cc2)c2cccs2)n1. The van der Waals surface area contributed by atoms with Crippen LogP contribution in [0.5, 0.6) is 5.75 Å². The fraction of sp³-hybridized carbons (Fsp3) is 0.364. The van der Waals surface area contributed by atoms with Crippen LogP contribution >= 0.6 is 11.3 Å². The molecule has 1 N–H and O–H groups in total. The van der Waals surface area contributed by atoms with E-state index in [2.05, 4.69) is 30.3 Å². The van der Waals surface area contributed by atoms with E-state index < -0.39 is 0 Å². The van der Waals surface area contributed by atoms with Crippen LogP contribution in [0.3, 0.4) is 0 Å². The average molecular weight is 398 g/mol. The van der Waals surface area contributed by atoms with Gasteiger partial charge in [-0.15, -0.1) is 11.3 Å². The van der Waals surface area contributed by atoms with E-state index in [1.165, 1.54) is 5.56 Å². The van der Waals surface area contributed by atoms with Gasteiger partial charge in [-0.3, -0.25) is 9.48 Å². The van der Waals surface area contributed by atoms with Crippen LogP contribution in [0.2, 0.25) is 0 Å². The van der Waals surface area contributed by atoms with E-state index in [1.807, 2.05) is 60.3 Å². The van der Waals surface area contributed by atoms with Crippen molar-refractivity contribution in [1.82, 2.24) is 15.1 Å². The number of carbonyl (C=O) groups excluding carboxylic acids is 1. The Labute approximate surface area is 170 Å². The molecule has 148 valence electrons. The summed E-state index contributed by atoms with van der Waals surface area (Å²) in [5, 5.41) is 9.63. The first-order valence-electron chi connectivity index (χ1n) is 9.49. The lowest BCUT2D eigenvalue weighted by molar-refractivity contribution is -0.123. The van der Waals surface area contributed by atoms with Gasteiger partial charge in [0.1, 0.15) is 11.8 Å². The third-order valence-electron chi connectivity index (χ3n) is 4.62. The predicted molar refractivity (Wildman–Crippen MR) is 113 cm³/mol. The van der Waals surface area contributed by atoms with E-state index in [4.69, 9.17) is 4.74 Å². The zero-order valence-electron chi connectivity index (χ0n) is 16.8. The number of aromatic nitrogens is 2. The van der Waals surface area contributed by atoms with Crippen LogP contribution in [0, 0.1) is 13.8 Å². The Morgan fingerprint density at radius 3 is 2.54 bits per heavy atom. The smallest absolute Gasteiger partial charge is 0.258 e. The number of carbonyl (C=O) groups is 1. The van der Waals surface area contributed by atoms with Gasteiger partial charge in [-0.1, -0.05) is 32.0 Å². The molecule has 0 bridgehead atoms. The van der Waals surface area contributed by atoms with Crippen molar-refractivity contribution in [2.24, 2.45) is 0 Å². The number of nitrogens with zero attached hydrogens (tertiary/aromatic N) is 2. The van der Waals surface area contributed by atoms with Crippen molar-refractivity contribution in [3.63, 3.8) is 0 Å². The molecule has 28 heavy (non-hydrogen) atoms. The molecular weight excluding hydrogens is 370 g/mol. The van der Waals surface area contributed by atoms with Crippen molar-refractivity contribution in [2.45, 2.75) is 39.7 Å². The van der Waals surface area contributed by atoms with E-state index in [0.29, 0.717) is 18.2 Å². The van der Waals surface area contributed by atoms with Gasteiger partial charge < -0.3 is 10.1 Å². The summed E-state index contributed by atoms with van der Waals surface area (Å²) in [7, 11) is 0. The molecule has 0 radical (unpaired) electrons. The summed E-state index contributed by atoms with van der Waals surface area (Å²) in [6, 6.07) is 14.0. The molecule has 1 amide bonds. The molecule has 2 heterocycles. The van der Waals surface area contributed by atoms with Gasteiger partial charge in [-0.05, 0) is 55.0 Å². The quantitative estimate of drug-likeness (QED) is 0.610. The second-order valence-corrected chi connectivity index (χ2v) is 8.20. The third-order valence-corrected chi connectivity index (χ3v) is 5.59. The van der Waals surface area contributed by atoms with Crippen LogP contribution in [0.25, 0.3) is 0 Å². The molecule has 3 aromatic rings.